The van der Waals surface area contributed by atoms with Crippen LogP contribution in [-0.4, -0.2) is 62.7 Å². The summed E-state index contributed by atoms with van der Waals surface area (Å²) in [5, 5.41) is 6.16. The predicted molar refractivity (Wildman–Crippen MR) is 139 cm³/mol. The van der Waals surface area contributed by atoms with Crippen LogP contribution in [-0.2, 0) is 23.0 Å². The summed E-state index contributed by atoms with van der Waals surface area (Å²) in [5.74, 6) is -0.571. The maximum atomic E-state index is 13.1. The van der Waals surface area contributed by atoms with Crippen molar-refractivity contribution >= 4 is 38.2 Å². The molecular weight excluding hydrogens is 484 g/mol. The van der Waals surface area contributed by atoms with Crippen LogP contribution >= 0.6 is 11.3 Å². The van der Waals surface area contributed by atoms with E-state index in [9.17, 15) is 18.0 Å². The number of carbonyl (C=O) groups excluding carboxylic acids is 2. The number of benzene rings is 1. The maximum Gasteiger partial charge on any atom is 0.256 e. The Morgan fingerprint density at radius 2 is 1.69 bits per heavy atom. The molecule has 2 aliphatic heterocycles. The number of amides is 2. The van der Waals surface area contributed by atoms with Crippen LogP contribution in [0.5, 0.6) is 0 Å². The molecule has 0 atom stereocenters. The highest BCUT2D eigenvalue weighted by molar-refractivity contribution is 7.89. The van der Waals surface area contributed by atoms with Crippen LogP contribution in [0.4, 0.5) is 5.00 Å². The average Bonchev–Trinajstić information content (AvgIpc) is 3.01. The first-order chi connectivity index (χ1) is 16.8. The molecule has 3 heterocycles. The Morgan fingerprint density at radius 3 is 2.31 bits per heavy atom. The van der Waals surface area contributed by atoms with Gasteiger partial charge >= 0.3 is 0 Å². The normalized spacial score (nSPS) is 17.4. The fraction of sp³-hybridized carbons (Fsp3) is 0.520. The first-order valence-electron chi connectivity index (χ1n) is 12.4. The van der Waals surface area contributed by atoms with Crippen molar-refractivity contribution in [2.45, 2.75) is 56.9 Å². The van der Waals surface area contributed by atoms with Crippen LogP contribution in [0.2, 0.25) is 0 Å². The van der Waals surface area contributed by atoms with E-state index < -0.39 is 10.0 Å². The summed E-state index contributed by atoms with van der Waals surface area (Å²) in [6, 6.07) is 6.07. The highest BCUT2D eigenvalue weighted by Crippen LogP contribution is 2.37. The van der Waals surface area contributed by atoms with Crippen LogP contribution in [0, 0.1) is 0 Å². The molecule has 1 fully saturated rings. The lowest BCUT2D eigenvalue weighted by Crippen LogP contribution is -2.32. The van der Waals surface area contributed by atoms with Crippen LogP contribution in [0.25, 0.3) is 0 Å². The molecule has 0 spiro atoms. The Labute approximate surface area is 211 Å². The number of nitrogens with one attached hydrogen (secondary N) is 2. The highest BCUT2D eigenvalue weighted by Gasteiger charge is 2.29. The molecule has 1 aromatic heterocycles. The van der Waals surface area contributed by atoms with E-state index in [1.807, 2.05) is 0 Å². The number of hydrogen-bond donors (Lipinski definition) is 2. The summed E-state index contributed by atoms with van der Waals surface area (Å²) in [5.41, 5.74) is 1.90. The Bertz CT molecular complexity index is 1170. The lowest BCUT2D eigenvalue weighted by atomic mass is 10.0. The van der Waals surface area contributed by atoms with Crippen molar-refractivity contribution in [2.75, 3.05) is 38.5 Å². The van der Waals surface area contributed by atoms with Crippen molar-refractivity contribution in [1.29, 1.82) is 0 Å². The smallest absolute Gasteiger partial charge is 0.256 e. The van der Waals surface area contributed by atoms with Crippen molar-refractivity contribution in [3.8, 4) is 0 Å². The molecule has 2 aromatic rings. The van der Waals surface area contributed by atoms with Gasteiger partial charge in [-0.3, -0.25) is 14.5 Å². The molecule has 0 aliphatic carbocycles. The molecule has 0 saturated carbocycles. The molecule has 0 radical (unpaired) electrons. The second kappa shape index (κ2) is 11.2. The average molecular weight is 519 g/mol. The van der Waals surface area contributed by atoms with Gasteiger partial charge in [0.15, 0.2) is 0 Å². The van der Waals surface area contributed by atoms with Gasteiger partial charge in [0.1, 0.15) is 5.00 Å². The Balaban J connectivity index is 1.53. The van der Waals surface area contributed by atoms with Gasteiger partial charge in [0, 0.05) is 43.7 Å². The van der Waals surface area contributed by atoms with Gasteiger partial charge in [-0.1, -0.05) is 19.8 Å². The van der Waals surface area contributed by atoms with Crippen molar-refractivity contribution in [2.24, 2.45) is 0 Å². The summed E-state index contributed by atoms with van der Waals surface area (Å²) in [4.78, 5) is 29.4. The monoisotopic (exact) mass is 518 g/mol. The van der Waals surface area contributed by atoms with Crippen molar-refractivity contribution < 1.29 is 18.0 Å². The van der Waals surface area contributed by atoms with Gasteiger partial charge in [0.05, 0.1) is 10.5 Å². The van der Waals surface area contributed by atoms with E-state index in [0.29, 0.717) is 29.2 Å². The Morgan fingerprint density at radius 1 is 1.00 bits per heavy atom. The zero-order valence-corrected chi connectivity index (χ0v) is 22.1. The van der Waals surface area contributed by atoms with Gasteiger partial charge in [-0.25, -0.2) is 8.42 Å². The summed E-state index contributed by atoms with van der Waals surface area (Å²) >= 11 is 1.45. The minimum atomic E-state index is -3.57. The molecule has 0 unspecified atom stereocenters. The number of anilines is 1. The van der Waals surface area contributed by atoms with E-state index in [-0.39, 0.29) is 16.7 Å². The zero-order chi connectivity index (χ0) is 25.0. The minimum Gasteiger partial charge on any atom is -0.355 e. The van der Waals surface area contributed by atoms with Crippen LogP contribution in [0.15, 0.2) is 29.2 Å². The Kier molecular flexibility index (Phi) is 8.26. The number of hydrogen-bond acceptors (Lipinski definition) is 6. The first kappa shape index (κ1) is 25.8. The third-order valence-electron chi connectivity index (χ3n) is 6.68. The quantitative estimate of drug-likeness (QED) is 0.583. The number of thiophene rings is 1. The third kappa shape index (κ3) is 5.61. The Hall–Kier alpha value is -2.27. The molecule has 2 amide bonds. The van der Waals surface area contributed by atoms with E-state index in [2.05, 4.69) is 22.5 Å². The van der Waals surface area contributed by atoms with Crippen LogP contribution in [0.3, 0.4) is 0 Å². The van der Waals surface area contributed by atoms with Gasteiger partial charge < -0.3 is 10.6 Å². The highest BCUT2D eigenvalue weighted by atomic mass is 32.2. The van der Waals surface area contributed by atoms with E-state index in [0.717, 1.165) is 68.6 Å². The fourth-order valence-electron chi connectivity index (χ4n) is 4.80. The van der Waals surface area contributed by atoms with Crippen molar-refractivity contribution in [1.82, 2.24) is 14.5 Å². The summed E-state index contributed by atoms with van der Waals surface area (Å²) in [6.07, 6.45) is 5.67. The molecule has 2 aliphatic rings. The first-order valence-corrected chi connectivity index (χ1v) is 14.6. The molecule has 35 heavy (non-hydrogen) atoms. The molecule has 1 aromatic carbocycles. The number of rotatable bonds is 7. The number of nitrogens with zero attached hydrogens (tertiary/aromatic N) is 2. The molecule has 2 N–H and O–H groups in total. The van der Waals surface area contributed by atoms with E-state index >= 15 is 0 Å². The van der Waals surface area contributed by atoms with E-state index in [1.165, 1.54) is 35.6 Å². The van der Waals surface area contributed by atoms with Crippen molar-refractivity contribution in [3.63, 3.8) is 0 Å². The molecule has 190 valence electrons. The summed E-state index contributed by atoms with van der Waals surface area (Å²) in [7, 11) is -1.98. The second-order valence-electron chi connectivity index (χ2n) is 9.11. The zero-order valence-electron chi connectivity index (χ0n) is 20.4. The molecule has 4 rings (SSSR count). The maximum absolute atomic E-state index is 13.1. The topological polar surface area (TPSA) is 98.8 Å². The molecule has 0 bridgehead atoms. The summed E-state index contributed by atoms with van der Waals surface area (Å²) in [6.45, 7) is 5.88. The minimum absolute atomic E-state index is 0.199. The van der Waals surface area contributed by atoms with Gasteiger partial charge in [-0.15, -0.1) is 11.3 Å². The van der Waals surface area contributed by atoms with Crippen molar-refractivity contribution in [3.05, 3.63) is 45.8 Å². The lowest BCUT2D eigenvalue weighted by molar-refractivity contribution is 0.0962. The van der Waals surface area contributed by atoms with Crippen LogP contribution in [0.1, 0.15) is 70.2 Å². The number of fused-ring (bicyclic) bond motifs is 1. The van der Waals surface area contributed by atoms with Gasteiger partial charge in [-0.2, -0.15) is 4.31 Å². The largest absolute Gasteiger partial charge is 0.355 e. The van der Waals surface area contributed by atoms with Gasteiger partial charge in [0.25, 0.3) is 11.8 Å². The molecule has 1 saturated heterocycles. The third-order valence-corrected chi connectivity index (χ3v) is 9.72. The summed E-state index contributed by atoms with van der Waals surface area (Å²) < 4.78 is 27.6. The molecular formula is C25H34N4O4S2. The second-order valence-corrected chi connectivity index (χ2v) is 12.2. The number of sulfonamides is 1. The standard InChI is InChI=1S/C25H34N4O4S2/c1-3-13-28-16-12-20-21(17-28)34-25(22(20)24(31)26-2)27-23(30)18-8-10-19(11-9-18)35(32,33)29-14-6-4-5-7-15-29/h8-11H,3-7,12-17H2,1-2H3,(H,26,31)(H,27,30). The van der Waals surface area contributed by atoms with E-state index in [1.54, 1.807) is 11.4 Å². The van der Waals surface area contributed by atoms with Gasteiger partial charge in [0.2, 0.25) is 10.0 Å². The SMILES string of the molecule is CCCN1CCc2c(sc(NC(=O)c3ccc(S(=O)(=O)N4CCCCCC4)cc3)c2C(=O)NC)C1. The van der Waals surface area contributed by atoms with Crippen LogP contribution < -0.4 is 10.6 Å². The van der Waals surface area contributed by atoms with E-state index in [4.69, 9.17) is 0 Å². The van der Waals surface area contributed by atoms with Gasteiger partial charge in [-0.05, 0) is 62.1 Å². The molecule has 8 nitrogen and oxygen atoms in total. The lowest BCUT2D eigenvalue weighted by Gasteiger charge is -2.26. The number of carbonyl (C=O) groups is 2. The predicted octanol–water partition coefficient (Wildman–Crippen LogP) is 3.69. The molecule has 10 heteroatoms. The fourth-order valence-corrected chi connectivity index (χ4v) is 7.60.